The van der Waals surface area contributed by atoms with E-state index in [0.29, 0.717) is 31.4 Å². The second kappa shape index (κ2) is 21.6. The number of carbonyl (C=O) groups is 8. The van der Waals surface area contributed by atoms with Gasteiger partial charge in [-0.2, -0.15) is 0 Å². The number of primary amides is 1. The maximum absolute atomic E-state index is 14.4. The fourth-order valence-electron chi connectivity index (χ4n) is 7.48. The predicted octanol–water partition coefficient (Wildman–Crippen LogP) is -0.692. The van der Waals surface area contributed by atoms with Gasteiger partial charge in [0.05, 0.1) is 25.7 Å². The predicted molar refractivity (Wildman–Crippen MR) is 228 cm³/mol. The van der Waals surface area contributed by atoms with Crippen molar-refractivity contribution in [3.63, 3.8) is 0 Å². The van der Waals surface area contributed by atoms with E-state index in [1.165, 1.54) is 26.5 Å². The number of unbranched alkanes of at least 4 members (excludes halogenated alkanes) is 1. The van der Waals surface area contributed by atoms with Gasteiger partial charge in [-0.15, -0.1) is 4.52 Å². The molecule has 0 spiro atoms. The molecule has 1 aromatic carbocycles. The molecule has 2 saturated heterocycles. The Balaban J connectivity index is 1.21. The molecule has 0 radical (unpaired) electrons. The zero-order valence-electron chi connectivity index (χ0n) is 33.7. The molecule has 2 aliphatic rings. The minimum Gasteiger partial charge on any atom is -0.481 e. The van der Waals surface area contributed by atoms with E-state index in [4.69, 9.17) is 5.73 Å². The zero-order valence-corrected chi connectivity index (χ0v) is 35.4. The lowest BCUT2D eigenvalue weighted by Gasteiger charge is -2.30. The van der Waals surface area contributed by atoms with Crippen LogP contribution in [0.15, 0.2) is 61.2 Å². The molecule has 9 N–H and O–H groups in total. The van der Waals surface area contributed by atoms with Crippen molar-refractivity contribution >= 4 is 85.5 Å². The van der Waals surface area contributed by atoms with Gasteiger partial charge in [-0.3, -0.25) is 38.4 Å². The summed E-state index contributed by atoms with van der Waals surface area (Å²) in [6.45, 7) is 0.111. The smallest absolute Gasteiger partial charge is 0.307 e. The third-order valence-corrected chi connectivity index (χ3v) is 13.0. The summed E-state index contributed by atoms with van der Waals surface area (Å²) in [6.07, 6.45) is 8.22. The highest BCUT2D eigenvalue weighted by Gasteiger charge is 2.40. The van der Waals surface area contributed by atoms with Gasteiger partial charge in [-0.1, -0.05) is 44.9 Å². The van der Waals surface area contributed by atoms with Gasteiger partial charge in [0.25, 0.3) is 0 Å². The van der Waals surface area contributed by atoms with Crippen molar-refractivity contribution in [1.82, 2.24) is 46.1 Å². The van der Waals surface area contributed by atoms with Crippen LogP contribution in [0.2, 0.25) is 0 Å². The highest BCUT2D eigenvalue weighted by atomic mass is 33.1. The van der Waals surface area contributed by atoms with E-state index in [1.807, 2.05) is 53.4 Å². The molecular formula is C40H50N11O9S2+. The van der Waals surface area contributed by atoms with Gasteiger partial charge in [0.1, 0.15) is 36.4 Å². The lowest BCUT2D eigenvalue weighted by atomic mass is 10.0. The first-order valence-electron chi connectivity index (χ1n) is 20.3. The van der Waals surface area contributed by atoms with Gasteiger partial charge in [-0.05, 0) is 49.8 Å². The summed E-state index contributed by atoms with van der Waals surface area (Å²) in [7, 11) is 2.49. The van der Waals surface area contributed by atoms with Crippen LogP contribution in [-0.4, -0.2) is 127 Å². The molecule has 22 heteroatoms. The number of para-hydroxylation sites is 1. The van der Waals surface area contributed by atoms with Crippen molar-refractivity contribution in [3.8, 4) is 0 Å². The Morgan fingerprint density at radius 1 is 0.903 bits per heavy atom. The molecule has 330 valence electrons. The first-order chi connectivity index (χ1) is 29.9. The number of aromatic amines is 1. The van der Waals surface area contributed by atoms with E-state index in [-0.39, 0.29) is 43.7 Å². The molecule has 5 heterocycles. The Bertz CT molecular complexity index is 2300. The van der Waals surface area contributed by atoms with Gasteiger partial charge in [0.15, 0.2) is 6.20 Å². The van der Waals surface area contributed by atoms with E-state index in [9.17, 15) is 43.5 Å². The van der Waals surface area contributed by atoms with Gasteiger partial charge in [0, 0.05) is 54.1 Å². The molecule has 7 amide bonds. The quantitative estimate of drug-likeness (QED) is 0.0558. The molecule has 2 fully saturated rings. The largest absolute Gasteiger partial charge is 0.481 e. The Morgan fingerprint density at radius 3 is 2.52 bits per heavy atom. The average molecular weight is 893 g/mol. The van der Waals surface area contributed by atoms with Crippen molar-refractivity contribution in [2.75, 3.05) is 24.6 Å². The number of amides is 7. The molecule has 6 rings (SSSR count). The summed E-state index contributed by atoms with van der Waals surface area (Å²) in [5.74, 6) is -6.09. The van der Waals surface area contributed by atoms with E-state index in [2.05, 4.69) is 36.7 Å². The van der Waals surface area contributed by atoms with Crippen LogP contribution >= 0.6 is 21.6 Å². The highest BCUT2D eigenvalue weighted by molar-refractivity contribution is 8.76. The number of fused-ring (bicyclic) bond motifs is 3. The Hall–Kier alpha value is -6.16. The standard InChI is InChI=1S/C40H49N11O9S2/c41-36(56)30-23-62-61-18-12-32(52)45-27(9-3-4-14-49-16-17-51-34(49)11-5-13-44-51)37(57)43-22-33(53)46-28(20-35(54)55)38(58)47-29(19-24-21-42-26-8-2-1-7-25(24)26)40(60)50-15-6-10-31(50)39(59)48-30/h1-2,5,7-8,11,13,16-17,21,27-31,42H,3-4,6,9-10,12,14-15,18-20,22-23H2,(H7-,41,43,45,46,47,48,52,53,54,55,56,57,58,59)/p+1/t27-,28-,29-,30?,31-/m0/s1. The number of carboxylic acid groups (broad SMARTS) is 1. The number of imidazole rings is 1. The SMILES string of the molecule is NC(=O)C1CSSCCC(=O)N[C@@H](CCCCn2cc[n+]3ncccc23)C(=O)NCC(=O)N[C@@H](CC(=O)O)C(=O)N[C@@H](Cc2c[nH]c3ccccc23)C(=O)N2CCC[C@H]2C(=O)N1. The van der Waals surface area contributed by atoms with Crippen molar-refractivity contribution in [1.29, 1.82) is 0 Å². The maximum Gasteiger partial charge on any atom is 0.307 e. The minimum absolute atomic E-state index is 0.0000475. The first kappa shape index (κ1) is 45.4. The van der Waals surface area contributed by atoms with Crippen LogP contribution in [0.5, 0.6) is 0 Å². The second-order valence-corrected chi connectivity index (χ2v) is 17.6. The number of aromatic nitrogens is 4. The number of rotatable bonds is 10. The van der Waals surface area contributed by atoms with Crippen LogP contribution in [0.25, 0.3) is 16.6 Å². The van der Waals surface area contributed by atoms with Gasteiger partial charge in [0.2, 0.25) is 41.4 Å². The second-order valence-electron chi connectivity index (χ2n) is 15.0. The summed E-state index contributed by atoms with van der Waals surface area (Å²) in [5, 5.41) is 27.7. The number of benzene rings is 1. The monoisotopic (exact) mass is 892 g/mol. The van der Waals surface area contributed by atoms with E-state index in [1.54, 1.807) is 16.9 Å². The molecule has 20 nitrogen and oxygen atoms in total. The number of aryl methyl sites for hydroxylation is 1. The first-order valence-corrected chi connectivity index (χ1v) is 22.8. The topological polar surface area (TPSA) is 284 Å². The van der Waals surface area contributed by atoms with Crippen LogP contribution < -0.4 is 36.8 Å². The maximum atomic E-state index is 14.4. The number of hydrogen-bond donors (Lipinski definition) is 8. The molecule has 62 heavy (non-hydrogen) atoms. The summed E-state index contributed by atoms with van der Waals surface area (Å²) >= 11 is 0. The third kappa shape index (κ3) is 12.0. The van der Waals surface area contributed by atoms with E-state index >= 15 is 0 Å². The van der Waals surface area contributed by atoms with Crippen LogP contribution in [0.1, 0.15) is 50.5 Å². The summed E-state index contributed by atoms with van der Waals surface area (Å²) in [6, 6.07) is 4.90. The molecule has 0 aliphatic carbocycles. The van der Waals surface area contributed by atoms with Gasteiger partial charge >= 0.3 is 11.6 Å². The number of nitrogens with zero attached hydrogens (tertiary/aromatic N) is 4. The lowest BCUT2D eigenvalue weighted by molar-refractivity contribution is -0.579. The van der Waals surface area contributed by atoms with Crippen molar-refractivity contribution in [2.24, 2.45) is 5.73 Å². The molecule has 5 atom stereocenters. The number of carboxylic acids is 1. The molecule has 0 bridgehead atoms. The normalized spacial score (nSPS) is 22.9. The Labute approximate surface area is 363 Å². The van der Waals surface area contributed by atoms with Crippen LogP contribution in [0.4, 0.5) is 0 Å². The molecule has 2 aliphatic heterocycles. The molecule has 0 saturated carbocycles. The van der Waals surface area contributed by atoms with Crippen molar-refractivity contribution < 1.29 is 48.0 Å². The molecular weight excluding hydrogens is 843 g/mol. The third-order valence-electron chi connectivity index (χ3n) is 10.6. The number of H-pyrrole nitrogens is 1. The fourth-order valence-corrected chi connectivity index (χ4v) is 9.65. The molecule has 3 aromatic heterocycles. The Morgan fingerprint density at radius 2 is 1.71 bits per heavy atom. The number of nitrogens with two attached hydrogens (primary N) is 1. The lowest BCUT2D eigenvalue weighted by Crippen LogP contribution is -2.59. The summed E-state index contributed by atoms with van der Waals surface area (Å²) in [4.78, 5) is 111. The minimum atomic E-state index is -1.67. The number of nitrogens with one attached hydrogen (secondary N) is 6. The average Bonchev–Trinajstić information content (AvgIpc) is 4.01. The van der Waals surface area contributed by atoms with E-state index < -0.39 is 90.5 Å². The van der Waals surface area contributed by atoms with Gasteiger partial charge < -0.3 is 47.3 Å². The molecule has 4 aromatic rings. The summed E-state index contributed by atoms with van der Waals surface area (Å²) in [5.41, 5.74) is 7.96. The fraction of sp³-hybridized carbons (Fsp3) is 0.450. The van der Waals surface area contributed by atoms with E-state index in [0.717, 1.165) is 16.6 Å². The van der Waals surface area contributed by atoms with Gasteiger partial charge in [-0.25, -0.2) is 4.57 Å². The zero-order chi connectivity index (χ0) is 44.2. The number of carbonyl (C=O) groups excluding carboxylic acids is 7. The van der Waals surface area contributed by atoms with Crippen LogP contribution in [-0.2, 0) is 51.3 Å². The van der Waals surface area contributed by atoms with Crippen LogP contribution in [0, 0.1) is 0 Å². The molecule has 1 unspecified atom stereocenters. The highest BCUT2D eigenvalue weighted by Crippen LogP contribution is 2.25. The Kier molecular flexibility index (Phi) is 15.8. The summed E-state index contributed by atoms with van der Waals surface area (Å²) < 4.78 is 3.74. The number of hydrogen-bond acceptors (Lipinski definition) is 11. The van der Waals surface area contributed by atoms with Crippen molar-refractivity contribution in [2.45, 2.75) is 88.1 Å². The van der Waals surface area contributed by atoms with Crippen LogP contribution in [0.3, 0.4) is 0 Å². The number of aliphatic carboxylic acids is 1. The van der Waals surface area contributed by atoms with Crippen molar-refractivity contribution in [3.05, 3.63) is 66.7 Å².